The number of carbonyl (C=O) groups excluding carboxylic acids is 1. The van der Waals surface area contributed by atoms with E-state index in [4.69, 9.17) is 9.15 Å². The third-order valence-electron chi connectivity index (χ3n) is 5.16. The summed E-state index contributed by atoms with van der Waals surface area (Å²) in [4.78, 5) is 23.1. The number of ether oxygens (including phenoxy) is 1. The third-order valence-corrected chi connectivity index (χ3v) is 5.16. The molecule has 0 unspecified atom stereocenters. The fourth-order valence-corrected chi connectivity index (χ4v) is 3.62. The van der Waals surface area contributed by atoms with Crippen molar-refractivity contribution >= 4 is 16.8 Å². The van der Waals surface area contributed by atoms with E-state index in [9.17, 15) is 4.79 Å². The number of rotatable bonds is 5. The standard InChI is InChI=1S/C21H23N3O3/c1-24(16-9-3-2-4-10-16)21(25)17-13-27-19(23-17)14-26-18-11-5-7-15-8-6-12-22-20(15)18/h5-8,11-13,16H,2-4,9-10,14H2,1H3. The molecule has 1 aliphatic rings. The smallest absolute Gasteiger partial charge is 0.275 e. The van der Waals surface area contributed by atoms with Crippen molar-refractivity contribution in [2.45, 2.75) is 44.8 Å². The maximum absolute atomic E-state index is 12.7. The number of nitrogens with zero attached hydrogens (tertiary/aromatic N) is 3. The lowest BCUT2D eigenvalue weighted by Crippen LogP contribution is -2.38. The molecule has 6 heteroatoms. The Morgan fingerprint density at radius 1 is 1.22 bits per heavy atom. The number of oxazole rings is 1. The quantitative estimate of drug-likeness (QED) is 0.677. The fraction of sp³-hybridized carbons (Fsp3) is 0.381. The van der Waals surface area contributed by atoms with Crippen LogP contribution in [0, 0.1) is 0 Å². The van der Waals surface area contributed by atoms with Crippen molar-refractivity contribution in [2.24, 2.45) is 0 Å². The average molecular weight is 365 g/mol. The summed E-state index contributed by atoms with van der Waals surface area (Å²) in [7, 11) is 1.85. The van der Waals surface area contributed by atoms with E-state index >= 15 is 0 Å². The van der Waals surface area contributed by atoms with Crippen LogP contribution in [-0.2, 0) is 6.61 Å². The number of aromatic nitrogens is 2. The molecule has 27 heavy (non-hydrogen) atoms. The number of fused-ring (bicyclic) bond motifs is 1. The molecular weight excluding hydrogens is 342 g/mol. The molecule has 1 aliphatic carbocycles. The van der Waals surface area contributed by atoms with Gasteiger partial charge < -0.3 is 14.1 Å². The second-order valence-corrected chi connectivity index (χ2v) is 6.95. The number of carbonyl (C=O) groups is 1. The summed E-state index contributed by atoms with van der Waals surface area (Å²) in [5, 5.41) is 1.01. The minimum atomic E-state index is -0.0938. The van der Waals surface area contributed by atoms with Crippen LogP contribution in [0.4, 0.5) is 0 Å². The second kappa shape index (κ2) is 7.78. The van der Waals surface area contributed by atoms with Crippen LogP contribution >= 0.6 is 0 Å². The zero-order valence-corrected chi connectivity index (χ0v) is 15.4. The molecule has 1 fully saturated rings. The van der Waals surface area contributed by atoms with Crippen LogP contribution in [0.25, 0.3) is 10.9 Å². The Labute approximate surface area is 158 Å². The predicted octanol–water partition coefficient (Wildman–Crippen LogP) is 4.21. The van der Waals surface area contributed by atoms with E-state index in [0.717, 1.165) is 23.7 Å². The summed E-state index contributed by atoms with van der Waals surface area (Å²) in [5.74, 6) is 0.950. The molecule has 1 saturated carbocycles. The van der Waals surface area contributed by atoms with Crippen molar-refractivity contribution < 1.29 is 13.9 Å². The van der Waals surface area contributed by atoms with E-state index in [1.54, 1.807) is 11.1 Å². The van der Waals surface area contributed by atoms with Gasteiger partial charge in [0.2, 0.25) is 5.89 Å². The Morgan fingerprint density at radius 2 is 2.04 bits per heavy atom. The molecule has 6 nitrogen and oxygen atoms in total. The van der Waals surface area contributed by atoms with Gasteiger partial charge in [0.05, 0.1) is 0 Å². The van der Waals surface area contributed by atoms with Gasteiger partial charge in [0, 0.05) is 24.7 Å². The summed E-state index contributed by atoms with van der Waals surface area (Å²) >= 11 is 0. The van der Waals surface area contributed by atoms with E-state index in [1.807, 2.05) is 37.4 Å². The van der Waals surface area contributed by atoms with E-state index < -0.39 is 0 Å². The average Bonchev–Trinajstić information content (AvgIpc) is 3.21. The fourth-order valence-electron chi connectivity index (χ4n) is 3.62. The van der Waals surface area contributed by atoms with Crippen LogP contribution in [0.3, 0.4) is 0 Å². The maximum atomic E-state index is 12.7. The number of para-hydroxylation sites is 1. The molecule has 1 amide bonds. The van der Waals surface area contributed by atoms with Gasteiger partial charge in [0.25, 0.3) is 5.91 Å². The maximum Gasteiger partial charge on any atom is 0.275 e. The van der Waals surface area contributed by atoms with E-state index in [0.29, 0.717) is 23.4 Å². The number of pyridine rings is 1. The molecule has 140 valence electrons. The first-order valence-electron chi connectivity index (χ1n) is 9.40. The van der Waals surface area contributed by atoms with Crippen LogP contribution in [0.2, 0.25) is 0 Å². The number of hydrogen-bond acceptors (Lipinski definition) is 5. The van der Waals surface area contributed by atoms with Crippen LogP contribution in [0.1, 0.15) is 48.5 Å². The lowest BCUT2D eigenvalue weighted by molar-refractivity contribution is 0.0690. The van der Waals surface area contributed by atoms with Gasteiger partial charge in [0.1, 0.15) is 17.5 Å². The molecule has 4 rings (SSSR count). The molecule has 0 spiro atoms. The van der Waals surface area contributed by atoms with E-state index in [2.05, 4.69) is 9.97 Å². The Morgan fingerprint density at radius 3 is 2.89 bits per heavy atom. The second-order valence-electron chi connectivity index (χ2n) is 6.95. The van der Waals surface area contributed by atoms with Gasteiger partial charge in [0.15, 0.2) is 12.3 Å². The predicted molar refractivity (Wildman–Crippen MR) is 102 cm³/mol. The molecule has 2 heterocycles. The summed E-state index contributed by atoms with van der Waals surface area (Å²) < 4.78 is 11.3. The van der Waals surface area contributed by atoms with Crippen molar-refractivity contribution in [1.82, 2.24) is 14.9 Å². The SMILES string of the molecule is CN(C(=O)c1coc(COc2cccc3cccnc23)n1)C1CCCCC1. The molecule has 0 aliphatic heterocycles. The molecule has 1 aromatic carbocycles. The summed E-state index contributed by atoms with van der Waals surface area (Å²) in [6.07, 6.45) is 8.89. The van der Waals surface area contributed by atoms with Gasteiger partial charge in [-0.15, -0.1) is 0 Å². The topological polar surface area (TPSA) is 68.5 Å². The van der Waals surface area contributed by atoms with Gasteiger partial charge in [-0.2, -0.15) is 0 Å². The zero-order chi connectivity index (χ0) is 18.6. The van der Waals surface area contributed by atoms with Gasteiger partial charge in [-0.1, -0.05) is 37.5 Å². The van der Waals surface area contributed by atoms with Crippen LogP contribution in [0.5, 0.6) is 5.75 Å². The number of benzene rings is 1. The van der Waals surface area contributed by atoms with Crippen molar-refractivity contribution in [2.75, 3.05) is 7.05 Å². The highest BCUT2D eigenvalue weighted by atomic mass is 16.5. The Bertz CT molecular complexity index is 926. The van der Waals surface area contributed by atoms with E-state index in [1.165, 1.54) is 25.5 Å². The Balaban J connectivity index is 1.42. The Hall–Kier alpha value is -2.89. The lowest BCUT2D eigenvalue weighted by atomic mass is 9.94. The van der Waals surface area contributed by atoms with Crippen molar-refractivity contribution in [3.63, 3.8) is 0 Å². The largest absolute Gasteiger partial charge is 0.482 e. The number of amides is 1. The van der Waals surface area contributed by atoms with Crippen LogP contribution < -0.4 is 4.74 Å². The van der Waals surface area contributed by atoms with Gasteiger partial charge in [-0.25, -0.2) is 4.98 Å². The number of hydrogen-bond donors (Lipinski definition) is 0. The molecule has 2 aromatic heterocycles. The summed E-state index contributed by atoms with van der Waals surface area (Å²) in [6.45, 7) is 0.149. The van der Waals surface area contributed by atoms with Gasteiger partial charge >= 0.3 is 0 Å². The first kappa shape index (κ1) is 17.5. The zero-order valence-electron chi connectivity index (χ0n) is 15.4. The van der Waals surface area contributed by atoms with E-state index in [-0.39, 0.29) is 12.5 Å². The minimum absolute atomic E-state index is 0.0938. The highest BCUT2D eigenvalue weighted by Gasteiger charge is 2.25. The highest BCUT2D eigenvalue weighted by Crippen LogP contribution is 2.25. The molecule has 0 saturated heterocycles. The molecule has 0 radical (unpaired) electrons. The normalized spacial score (nSPS) is 15.0. The van der Waals surface area contributed by atoms with Gasteiger partial charge in [-0.05, 0) is 25.0 Å². The Kier molecular flexibility index (Phi) is 5.05. The summed E-state index contributed by atoms with van der Waals surface area (Å²) in [6, 6.07) is 9.94. The monoisotopic (exact) mass is 365 g/mol. The molecule has 0 atom stereocenters. The molecule has 0 N–H and O–H groups in total. The van der Waals surface area contributed by atoms with Crippen molar-refractivity contribution in [1.29, 1.82) is 0 Å². The molecule has 0 bridgehead atoms. The first-order chi connectivity index (χ1) is 13.2. The minimum Gasteiger partial charge on any atom is -0.482 e. The van der Waals surface area contributed by atoms with Crippen molar-refractivity contribution in [3.8, 4) is 5.75 Å². The third kappa shape index (κ3) is 3.79. The first-order valence-corrected chi connectivity index (χ1v) is 9.40. The highest BCUT2D eigenvalue weighted by molar-refractivity contribution is 5.92. The lowest BCUT2D eigenvalue weighted by Gasteiger charge is -2.30. The summed E-state index contributed by atoms with van der Waals surface area (Å²) in [5.41, 5.74) is 1.12. The van der Waals surface area contributed by atoms with Crippen molar-refractivity contribution in [3.05, 3.63) is 54.4 Å². The van der Waals surface area contributed by atoms with Gasteiger partial charge in [-0.3, -0.25) is 9.78 Å². The van der Waals surface area contributed by atoms with Crippen LogP contribution in [-0.4, -0.2) is 33.9 Å². The molecular formula is C21H23N3O3. The molecule has 3 aromatic rings. The van der Waals surface area contributed by atoms with Crippen LogP contribution in [0.15, 0.2) is 47.2 Å².